The fourth-order valence-electron chi connectivity index (χ4n) is 1.49. The topological polar surface area (TPSA) is 109 Å². The van der Waals surface area contributed by atoms with E-state index in [1.807, 2.05) is 0 Å². The molecule has 0 saturated heterocycles. The molecule has 0 aliphatic heterocycles. The summed E-state index contributed by atoms with van der Waals surface area (Å²) >= 11 is 1.01. The van der Waals surface area contributed by atoms with Gasteiger partial charge in [-0.2, -0.15) is 0 Å². The number of aromatic hydroxyl groups is 1. The standard InChI is InChI=1S/C12H12N2O4S2/c13-20(17,18)11-6-5-10(19-11)7-14-12(16)8-1-3-9(15)4-2-8/h1-6,15H,7H2,(H,14,16)(H2,13,17,18). The van der Waals surface area contributed by atoms with Gasteiger partial charge in [-0.05, 0) is 36.4 Å². The number of sulfonamides is 1. The Morgan fingerprint density at radius 2 is 1.85 bits per heavy atom. The molecule has 106 valence electrons. The van der Waals surface area contributed by atoms with Crippen LogP contribution < -0.4 is 10.5 Å². The molecule has 20 heavy (non-hydrogen) atoms. The molecule has 4 N–H and O–H groups in total. The predicted octanol–water partition coefficient (Wildman–Crippen LogP) is 1.03. The number of nitrogens with one attached hydrogen (secondary N) is 1. The van der Waals surface area contributed by atoms with Crippen molar-refractivity contribution in [1.29, 1.82) is 0 Å². The van der Waals surface area contributed by atoms with Gasteiger partial charge in [-0.3, -0.25) is 4.79 Å². The molecule has 0 aliphatic carbocycles. The van der Waals surface area contributed by atoms with Crippen LogP contribution in [0.25, 0.3) is 0 Å². The van der Waals surface area contributed by atoms with Gasteiger partial charge in [0.25, 0.3) is 5.91 Å². The number of phenolic OH excluding ortho intramolecular Hbond substituents is 1. The molecule has 1 aromatic carbocycles. The third kappa shape index (κ3) is 3.56. The second kappa shape index (κ2) is 5.61. The Kier molecular flexibility index (Phi) is 4.07. The molecule has 0 bridgehead atoms. The number of hydrogen-bond donors (Lipinski definition) is 3. The highest BCUT2D eigenvalue weighted by atomic mass is 32.2. The van der Waals surface area contributed by atoms with Crippen molar-refractivity contribution in [2.24, 2.45) is 5.14 Å². The molecule has 0 aliphatic rings. The van der Waals surface area contributed by atoms with Gasteiger partial charge in [0.2, 0.25) is 10.0 Å². The third-order valence-corrected chi connectivity index (χ3v) is 4.99. The minimum atomic E-state index is -3.70. The number of primary sulfonamides is 1. The maximum atomic E-state index is 11.8. The number of amides is 1. The smallest absolute Gasteiger partial charge is 0.251 e. The first-order valence-corrected chi connectivity index (χ1v) is 7.91. The van der Waals surface area contributed by atoms with E-state index in [4.69, 9.17) is 10.2 Å². The summed E-state index contributed by atoms with van der Waals surface area (Å²) in [6, 6.07) is 8.82. The largest absolute Gasteiger partial charge is 0.508 e. The number of thiophene rings is 1. The zero-order valence-corrected chi connectivity index (χ0v) is 11.9. The van der Waals surface area contributed by atoms with Crippen molar-refractivity contribution >= 4 is 27.3 Å². The number of carbonyl (C=O) groups excluding carboxylic acids is 1. The molecule has 1 heterocycles. The van der Waals surface area contributed by atoms with Crippen LogP contribution in [-0.2, 0) is 16.6 Å². The van der Waals surface area contributed by atoms with Gasteiger partial charge in [-0.1, -0.05) is 0 Å². The minimum Gasteiger partial charge on any atom is -0.508 e. The summed E-state index contributed by atoms with van der Waals surface area (Å²) in [5.41, 5.74) is 0.408. The molecule has 8 heteroatoms. The fraction of sp³-hybridized carbons (Fsp3) is 0.0833. The molecule has 0 spiro atoms. The SMILES string of the molecule is NS(=O)(=O)c1ccc(CNC(=O)c2ccc(O)cc2)s1. The van der Waals surface area contributed by atoms with E-state index in [2.05, 4.69) is 5.32 Å². The maximum Gasteiger partial charge on any atom is 0.251 e. The van der Waals surface area contributed by atoms with E-state index < -0.39 is 10.0 Å². The van der Waals surface area contributed by atoms with E-state index in [0.717, 1.165) is 11.3 Å². The van der Waals surface area contributed by atoms with Gasteiger partial charge in [-0.15, -0.1) is 11.3 Å². The first-order chi connectivity index (χ1) is 9.36. The first-order valence-electron chi connectivity index (χ1n) is 5.55. The maximum absolute atomic E-state index is 11.8. The molecule has 2 aromatic rings. The lowest BCUT2D eigenvalue weighted by atomic mass is 10.2. The fourth-order valence-corrected chi connectivity index (χ4v) is 3.21. The number of hydrogen-bond acceptors (Lipinski definition) is 5. The summed E-state index contributed by atoms with van der Waals surface area (Å²) in [5.74, 6) is -0.229. The third-order valence-electron chi connectivity index (χ3n) is 2.47. The highest BCUT2D eigenvalue weighted by Crippen LogP contribution is 2.20. The summed E-state index contributed by atoms with van der Waals surface area (Å²) in [5, 5.41) is 16.8. The van der Waals surface area contributed by atoms with Crippen molar-refractivity contribution in [3.8, 4) is 5.75 Å². The van der Waals surface area contributed by atoms with Crippen LogP contribution in [0.5, 0.6) is 5.75 Å². The zero-order chi connectivity index (χ0) is 14.8. The molecule has 1 aromatic heterocycles. The van der Waals surface area contributed by atoms with Crippen LogP contribution in [0.3, 0.4) is 0 Å². The van der Waals surface area contributed by atoms with Gasteiger partial charge in [-0.25, -0.2) is 13.6 Å². The van der Waals surface area contributed by atoms with Gasteiger partial charge in [0, 0.05) is 10.4 Å². The van der Waals surface area contributed by atoms with Crippen LogP contribution in [-0.4, -0.2) is 19.4 Å². The molecule has 0 saturated carbocycles. The molecule has 1 amide bonds. The molecule has 6 nitrogen and oxygen atoms in total. The molecular formula is C12H12N2O4S2. The summed E-state index contributed by atoms with van der Waals surface area (Å²) in [4.78, 5) is 12.5. The van der Waals surface area contributed by atoms with Crippen LogP contribution in [0, 0.1) is 0 Å². The average Bonchev–Trinajstić information content (AvgIpc) is 2.85. The quantitative estimate of drug-likeness (QED) is 0.783. The minimum absolute atomic E-state index is 0.0615. The highest BCUT2D eigenvalue weighted by molar-refractivity contribution is 7.91. The Morgan fingerprint density at radius 3 is 2.40 bits per heavy atom. The van der Waals surface area contributed by atoms with E-state index in [9.17, 15) is 13.2 Å². The average molecular weight is 312 g/mol. The van der Waals surface area contributed by atoms with E-state index >= 15 is 0 Å². The predicted molar refractivity (Wildman–Crippen MR) is 75.0 cm³/mol. The summed E-state index contributed by atoms with van der Waals surface area (Å²) in [6.45, 7) is 0.208. The lowest BCUT2D eigenvalue weighted by molar-refractivity contribution is 0.0951. The van der Waals surface area contributed by atoms with Crippen molar-refractivity contribution in [3.63, 3.8) is 0 Å². The van der Waals surface area contributed by atoms with E-state index in [1.54, 1.807) is 6.07 Å². The first kappa shape index (κ1) is 14.5. The number of benzene rings is 1. The van der Waals surface area contributed by atoms with Crippen LogP contribution in [0.15, 0.2) is 40.6 Å². The Morgan fingerprint density at radius 1 is 1.20 bits per heavy atom. The number of carbonyl (C=O) groups is 1. The summed E-state index contributed by atoms with van der Waals surface area (Å²) < 4.78 is 22.3. The summed E-state index contributed by atoms with van der Waals surface area (Å²) in [6.07, 6.45) is 0. The Labute approximate surface area is 119 Å². The van der Waals surface area contributed by atoms with E-state index in [0.29, 0.717) is 10.4 Å². The van der Waals surface area contributed by atoms with Crippen LogP contribution in [0.4, 0.5) is 0 Å². The molecular weight excluding hydrogens is 300 g/mol. The monoisotopic (exact) mass is 312 g/mol. The molecule has 0 unspecified atom stereocenters. The Balaban J connectivity index is 2.00. The Bertz CT molecular complexity index is 720. The lowest BCUT2D eigenvalue weighted by Gasteiger charge is -2.03. The van der Waals surface area contributed by atoms with Crippen molar-refractivity contribution in [2.45, 2.75) is 10.8 Å². The number of nitrogens with two attached hydrogens (primary N) is 1. The van der Waals surface area contributed by atoms with Crippen LogP contribution in [0.2, 0.25) is 0 Å². The second-order valence-corrected chi connectivity index (χ2v) is 6.95. The van der Waals surface area contributed by atoms with Crippen LogP contribution in [0.1, 0.15) is 15.2 Å². The summed E-state index contributed by atoms with van der Waals surface area (Å²) in [7, 11) is -3.70. The molecule has 2 rings (SSSR count). The van der Waals surface area contributed by atoms with Crippen molar-refractivity contribution in [2.75, 3.05) is 0 Å². The van der Waals surface area contributed by atoms with E-state index in [1.165, 1.54) is 30.3 Å². The van der Waals surface area contributed by atoms with Crippen molar-refractivity contribution < 1.29 is 18.3 Å². The number of phenols is 1. The molecule has 0 radical (unpaired) electrons. The highest BCUT2D eigenvalue weighted by Gasteiger charge is 2.12. The van der Waals surface area contributed by atoms with Gasteiger partial charge in [0.05, 0.1) is 6.54 Å². The van der Waals surface area contributed by atoms with Crippen molar-refractivity contribution in [1.82, 2.24) is 5.32 Å². The number of rotatable bonds is 4. The lowest BCUT2D eigenvalue weighted by Crippen LogP contribution is -2.22. The van der Waals surface area contributed by atoms with Gasteiger partial charge in [0.15, 0.2) is 0 Å². The van der Waals surface area contributed by atoms with Gasteiger partial charge < -0.3 is 10.4 Å². The van der Waals surface area contributed by atoms with E-state index in [-0.39, 0.29) is 22.4 Å². The second-order valence-electron chi connectivity index (χ2n) is 4.00. The Hall–Kier alpha value is -1.90. The van der Waals surface area contributed by atoms with Gasteiger partial charge in [0.1, 0.15) is 9.96 Å². The van der Waals surface area contributed by atoms with Gasteiger partial charge >= 0.3 is 0 Å². The zero-order valence-electron chi connectivity index (χ0n) is 10.2. The van der Waals surface area contributed by atoms with Crippen LogP contribution >= 0.6 is 11.3 Å². The van der Waals surface area contributed by atoms with Crippen molar-refractivity contribution in [3.05, 3.63) is 46.8 Å². The normalized spacial score (nSPS) is 11.2. The molecule has 0 atom stereocenters. The molecule has 0 fully saturated rings.